The first-order valence-electron chi connectivity index (χ1n) is 8.46. The van der Waals surface area contributed by atoms with Gasteiger partial charge in [0, 0.05) is 23.2 Å². The Hall–Kier alpha value is -1.94. The minimum absolute atomic E-state index is 0.00456. The average molecular weight is 309 g/mol. The minimum Gasteiger partial charge on any atom is -0.347 e. The van der Waals surface area contributed by atoms with E-state index in [0.29, 0.717) is 11.5 Å². The average Bonchev–Trinajstić information content (AvgIpc) is 2.58. The van der Waals surface area contributed by atoms with Crippen LogP contribution in [0.25, 0.3) is 10.9 Å². The summed E-state index contributed by atoms with van der Waals surface area (Å²) in [5, 5.41) is 4.31. The molecule has 0 saturated carbocycles. The smallest absolute Gasteiger partial charge is 0.253 e. The third-order valence-electron chi connectivity index (χ3n) is 5.73. The fourth-order valence-corrected chi connectivity index (χ4v) is 4.30. The number of carbonyl (C=O) groups is 1. The predicted molar refractivity (Wildman–Crippen MR) is 91.4 cm³/mol. The Morgan fingerprint density at radius 2 is 2.00 bits per heavy atom. The lowest BCUT2D eigenvalue weighted by molar-refractivity contribution is -0.0378. The summed E-state index contributed by atoms with van der Waals surface area (Å²) in [5.41, 5.74) is 1.60. The number of para-hydroxylation sites is 1. The fraction of sp³-hybridized carbons (Fsp3) is 0.474. The summed E-state index contributed by atoms with van der Waals surface area (Å²) in [6, 6.07) is 10.0. The molecule has 4 heterocycles. The summed E-state index contributed by atoms with van der Waals surface area (Å²) in [6.07, 6.45) is 4.06. The van der Waals surface area contributed by atoms with Crippen LogP contribution in [0, 0.1) is 5.92 Å². The topological polar surface area (TPSA) is 45.2 Å². The second-order valence-electron chi connectivity index (χ2n) is 7.35. The number of nitrogens with zero attached hydrogens (tertiary/aromatic N) is 2. The van der Waals surface area contributed by atoms with Crippen LogP contribution >= 0.6 is 0 Å². The van der Waals surface area contributed by atoms with Gasteiger partial charge in [-0.15, -0.1) is 0 Å². The normalized spacial score (nSPS) is 28.7. The van der Waals surface area contributed by atoms with Crippen molar-refractivity contribution in [1.29, 1.82) is 0 Å². The largest absolute Gasteiger partial charge is 0.347 e. The van der Waals surface area contributed by atoms with E-state index in [-0.39, 0.29) is 17.5 Å². The van der Waals surface area contributed by atoms with Gasteiger partial charge in [0.15, 0.2) is 0 Å². The third kappa shape index (κ3) is 2.41. The van der Waals surface area contributed by atoms with Crippen LogP contribution in [0.4, 0.5) is 0 Å². The molecular formula is C19H23N3O. The molecule has 1 aromatic heterocycles. The molecule has 0 spiro atoms. The first kappa shape index (κ1) is 14.6. The summed E-state index contributed by atoms with van der Waals surface area (Å²) in [4.78, 5) is 19.7. The van der Waals surface area contributed by atoms with Crippen LogP contribution in [0.3, 0.4) is 0 Å². The van der Waals surface area contributed by atoms with E-state index in [1.807, 2.05) is 30.3 Å². The maximum absolute atomic E-state index is 12.8. The van der Waals surface area contributed by atoms with Crippen LogP contribution in [0.15, 0.2) is 36.5 Å². The molecule has 0 radical (unpaired) electrons. The lowest BCUT2D eigenvalue weighted by Gasteiger charge is -2.56. The molecule has 3 aliphatic heterocycles. The standard InChI is InChI=1S/C19H23N3O/c1-19(2)17(13-7-9-22(19)10-8-13)21-18(23)15-11-14-5-3-4-6-16(14)20-12-15/h3-6,11-13,17H,7-10H2,1-2H3,(H,21,23)/t17-/m1/s1. The number of hydrogen-bond acceptors (Lipinski definition) is 3. The summed E-state index contributed by atoms with van der Waals surface area (Å²) in [6.45, 7) is 6.81. The van der Waals surface area contributed by atoms with E-state index in [9.17, 15) is 4.79 Å². The van der Waals surface area contributed by atoms with Crippen molar-refractivity contribution in [2.45, 2.75) is 38.3 Å². The minimum atomic E-state index is -0.00456. The van der Waals surface area contributed by atoms with Crippen LogP contribution in [0.5, 0.6) is 0 Å². The first-order valence-corrected chi connectivity index (χ1v) is 8.46. The fourth-order valence-electron chi connectivity index (χ4n) is 4.30. The highest BCUT2D eigenvalue weighted by atomic mass is 16.1. The quantitative estimate of drug-likeness (QED) is 0.928. The molecule has 4 nitrogen and oxygen atoms in total. The van der Waals surface area contributed by atoms with Gasteiger partial charge in [0.1, 0.15) is 0 Å². The second kappa shape index (κ2) is 5.31. The molecule has 0 unspecified atom stereocenters. The van der Waals surface area contributed by atoms with E-state index in [1.54, 1.807) is 6.20 Å². The van der Waals surface area contributed by atoms with E-state index in [2.05, 4.69) is 29.0 Å². The van der Waals surface area contributed by atoms with Crippen molar-refractivity contribution in [1.82, 2.24) is 15.2 Å². The van der Waals surface area contributed by atoms with Crippen molar-refractivity contribution in [3.63, 3.8) is 0 Å². The Morgan fingerprint density at radius 1 is 1.26 bits per heavy atom. The van der Waals surface area contributed by atoms with E-state index in [1.165, 1.54) is 12.8 Å². The molecule has 1 amide bonds. The molecule has 23 heavy (non-hydrogen) atoms. The summed E-state index contributed by atoms with van der Waals surface area (Å²) in [7, 11) is 0. The van der Waals surface area contributed by atoms with Gasteiger partial charge in [-0.25, -0.2) is 0 Å². The zero-order valence-corrected chi connectivity index (χ0v) is 13.7. The number of amides is 1. The molecule has 0 aliphatic carbocycles. The molecule has 1 N–H and O–H groups in total. The molecule has 1 aromatic carbocycles. The maximum atomic E-state index is 12.8. The Morgan fingerprint density at radius 3 is 2.74 bits per heavy atom. The second-order valence-corrected chi connectivity index (χ2v) is 7.35. The van der Waals surface area contributed by atoms with Crippen molar-refractivity contribution in [3.05, 3.63) is 42.1 Å². The summed E-state index contributed by atoms with van der Waals surface area (Å²) >= 11 is 0. The lowest BCUT2D eigenvalue weighted by Crippen LogP contribution is -2.69. The number of fused-ring (bicyclic) bond motifs is 4. The monoisotopic (exact) mass is 309 g/mol. The van der Waals surface area contributed by atoms with Gasteiger partial charge < -0.3 is 5.32 Å². The number of hydrogen-bond donors (Lipinski definition) is 1. The molecule has 3 fully saturated rings. The molecule has 2 bridgehead atoms. The van der Waals surface area contributed by atoms with Gasteiger partial charge in [-0.1, -0.05) is 18.2 Å². The Labute approximate surface area is 136 Å². The number of rotatable bonds is 2. The molecule has 4 heteroatoms. The van der Waals surface area contributed by atoms with Gasteiger partial charge >= 0.3 is 0 Å². The van der Waals surface area contributed by atoms with Crippen LogP contribution in [-0.4, -0.2) is 40.5 Å². The molecule has 3 saturated heterocycles. The molecular weight excluding hydrogens is 286 g/mol. The van der Waals surface area contributed by atoms with Gasteiger partial charge in [0.25, 0.3) is 5.91 Å². The van der Waals surface area contributed by atoms with E-state index in [0.717, 1.165) is 24.0 Å². The first-order chi connectivity index (χ1) is 11.1. The Balaban J connectivity index is 1.59. The Bertz CT molecular complexity index is 747. The molecule has 3 aliphatic rings. The molecule has 5 rings (SSSR count). The van der Waals surface area contributed by atoms with E-state index < -0.39 is 0 Å². The number of piperidine rings is 3. The van der Waals surface area contributed by atoms with Crippen LogP contribution in [0.2, 0.25) is 0 Å². The van der Waals surface area contributed by atoms with Gasteiger partial charge in [-0.05, 0) is 57.8 Å². The summed E-state index contributed by atoms with van der Waals surface area (Å²) < 4.78 is 0. The van der Waals surface area contributed by atoms with Gasteiger partial charge in [0.2, 0.25) is 0 Å². The highest BCUT2D eigenvalue weighted by Crippen LogP contribution is 2.39. The van der Waals surface area contributed by atoms with Crippen LogP contribution in [-0.2, 0) is 0 Å². The van der Waals surface area contributed by atoms with Crippen LogP contribution < -0.4 is 5.32 Å². The number of carbonyl (C=O) groups excluding carboxylic acids is 1. The lowest BCUT2D eigenvalue weighted by atomic mass is 9.72. The van der Waals surface area contributed by atoms with Gasteiger partial charge in [0.05, 0.1) is 11.1 Å². The number of pyridine rings is 1. The van der Waals surface area contributed by atoms with Crippen molar-refractivity contribution in [3.8, 4) is 0 Å². The number of benzene rings is 1. The Kier molecular flexibility index (Phi) is 3.38. The zero-order chi connectivity index (χ0) is 16.0. The van der Waals surface area contributed by atoms with Crippen molar-refractivity contribution in [2.24, 2.45) is 5.92 Å². The molecule has 2 aromatic rings. The van der Waals surface area contributed by atoms with Gasteiger partial charge in [-0.3, -0.25) is 14.7 Å². The SMILES string of the molecule is CC1(C)[C@H](NC(=O)c2cnc3ccccc3c2)C2CCN1CC2. The molecule has 1 atom stereocenters. The zero-order valence-electron chi connectivity index (χ0n) is 13.7. The van der Waals surface area contributed by atoms with E-state index in [4.69, 9.17) is 0 Å². The van der Waals surface area contributed by atoms with Crippen molar-refractivity contribution < 1.29 is 4.79 Å². The number of aromatic nitrogens is 1. The van der Waals surface area contributed by atoms with Crippen LogP contribution in [0.1, 0.15) is 37.0 Å². The van der Waals surface area contributed by atoms with Crippen molar-refractivity contribution >= 4 is 16.8 Å². The number of nitrogens with one attached hydrogen (secondary N) is 1. The van der Waals surface area contributed by atoms with Gasteiger partial charge in [-0.2, -0.15) is 0 Å². The maximum Gasteiger partial charge on any atom is 0.253 e. The highest BCUT2D eigenvalue weighted by molar-refractivity contribution is 5.97. The van der Waals surface area contributed by atoms with E-state index >= 15 is 0 Å². The summed E-state index contributed by atoms with van der Waals surface area (Å²) in [5.74, 6) is 0.586. The highest BCUT2D eigenvalue weighted by Gasteiger charge is 2.48. The van der Waals surface area contributed by atoms with Crippen molar-refractivity contribution in [2.75, 3.05) is 13.1 Å². The molecule has 120 valence electrons. The predicted octanol–water partition coefficient (Wildman–Crippen LogP) is 2.84. The third-order valence-corrected chi connectivity index (χ3v) is 5.73.